The van der Waals surface area contributed by atoms with Crippen LogP contribution in [0.3, 0.4) is 0 Å². The Bertz CT molecular complexity index is 2460. The van der Waals surface area contributed by atoms with Crippen LogP contribution in [0.5, 0.6) is 5.75 Å². The van der Waals surface area contributed by atoms with E-state index >= 15 is 0 Å². The highest BCUT2D eigenvalue weighted by Gasteiger charge is 2.36. The lowest BCUT2D eigenvalue weighted by molar-refractivity contribution is -0.139. The summed E-state index contributed by atoms with van der Waals surface area (Å²) in [7, 11) is -3.85. The van der Waals surface area contributed by atoms with E-state index in [0.29, 0.717) is 43.4 Å². The van der Waals surface area contributed by atoms with E-state index in [2.05, 4.69) is 38.2 Å². The Kier molecular flexibility index (Phi) is 45.7. The number of carboxylic acid groups (broad SMARTS) is 1. The average molecular weight is 1320 g/mol. The number of primary amides is 1. The lowest BCUT2D eigenvalue weighted by Gasteiger charge is -2.28. The molecule has 0 radical (unpaired) electrons. The fraction of sp³-hybridized carbons (Fsp3) is 0.730. The van der Waals surface area contributed by atoms with Crippen LogP contribution in [0.4, 0.5) is 0 Å². The maximum absolute atomic E-state index is 14.3. The van der Waals surface area contributed by atoms with Gasteiger partial charge in [0.15, 0.2) is 11.7 Å². The number of nitrogens with two attached hydrogens (primary N) is 4. The maximum atomic E-state index is 14.3. The van der Waals surface area contributed by atoms with Gasteiger partial charge in [-0.1, -0.05) is 117 Å². The van der Waals surface area contributed by atoms with Crippen molar-refractivity contribution in [2.75, 3.05) is 84.8 Å². The number of allylic oxidation sites excluding steroid dienone is 1. The summed E-state index contributed by atoms with van der Waals surface area (Å²) in [5.74, 6) is -7.22. The van der Waals surface area contributed by atoms with Crippen LogP contribution in [0.2, 0.25) is 0 Å². The van der Waals surface area contributed by atoms with Gasteiger partial charge in [-0.25, -0.2) is 4.79 Å². The molecular weight excluding hydrogens is 1200 g/mol. The number of aromatic hydroxyl groups is 1. The van der Waals surface area contributed by atoms with Crippen molar-refractivity contribution in [1.29, 1.82) is 0 Å². The number of nitrogens with one attached hydrogen (secondary N) is 5. The van der Waals surface area contributed by atoms with Gasteiger partial charge in [0.1, 0.15) is 36.8 Å². The van der Waals surface area contributed by atoms with E-state index < -0.39 is 63.8 Å². The van der Waals surface area contributed by atoms with Gasteiger partial charge in [-0.2, -0.15) is 8.42 Å². The van der Waals surface area contributed by atoms with Crippen molar-refractivity contribution in [2.24, 2.45) is 51.6 Å². The highest BCUT2D eigenvalue weighted by molar-refractivity contribution is 7.85. The van der Waals surface area contributed by atoms with E-state index in [-0.39, 0.29) is 177 Å². The van der Waals surface area contributed by atoms with Gasteiger partial charge in [-0.05, 0) is 75.0 Å². The monoisotopic (exact) mass is 1320 g/mol. The molecule has 0 heterocycles. The minimum Gasteiger partial charge on any atom is -0.508 e. The van der Waals surface area contributed by atoms with Crippen LogP contribution in [0.1, 0.15) is 175 Å². The number of hydrogen-bond donors (Lipinski definition) is 12. The minimum atomic E-state index is -3.85. The number of benzene rings is 1. The van der Waals surface area contributed by atoms with Crippen LogP contribution in [-0.2, 0) is 73.8 Å². The van der Waals surface area contributed by atoms with E-state index in [1.54, 1.807) is 32.9 Å². The largest absolute Gasteiger partial charge is 0.508 e. The molecule has 6 atom stereocenters. The summed E-state index contributed by atoms with van der Waals surface area (Å²) in [4.78, 5) is 107. The molecule has 27 nitrogen and oxygen atoms in total. The maximum Gasteiger partial charge on any atom is 0.326 e. The van der Waals surface area contributed by atoms with Crippen LogP contribution in [0.15, 0.2) is 41.5 Å². The van der Waals surface area contributed by atoms with Crippen molar-refractivity contribution in [3.63, 3.8) is 0 Å². The lowest BCUT2D eigenvalue weighted by Crippen LogP contribution is -2.49. The summed E-state index contributed by atoms with van der Waals surface area (Å²) < 4.78 is 52.0. The summed E-state index contributed by atoms with van der Waals surface area (Å²) in [5, 5.41) is 33.2. The van der Waals surface area contributed by atoms with Gasteiger partial charge in [0, 0.05) is 76.0 Å². The average Bonchev–Trinajstić information content (AvgIpc) is 0.896. The van der Waals surface area contributed by atoms with Gasteiger partial charge >= 0.3 is 5.97 Å². The highest BCUT2D eigenvalue weighted by Crippen LogP contribution is 2.28. The van der Waals surface area contributed by atoms with Crippen LogP contribution >= 0.6 is 0 Å². The number of ketones is 2. The summed E-state index contributed by atoms with van der Waals surface area (Å²) in [5.41, 5.74) is 24.2. The van der Waals surface area contributed by atoms with Gasteiger partial charge < -0.3 is 78.7 Å². The molecule has 0 fully saturated rings. The molecule has 16 N–H and O–H groups in total. The summed E-state index contributed by atoms with van der Waals surface area (Å²) in [6.45, 7) is 10.6. The molecule has 0 spiro atoms. The molecule has 5 amide bonds. The first-order valence-electron chi connectivity index (χ1n) is 32.3. The second-order valence-corrected chi connectivity index (χ2v) is 25.0. The van der Waals surface area contributed by atoms with Gasteiger partial charge in [0.05, 0.1) is 51.4 Å². The number of rotatable bonds is 59. The number of aliphatic imine (C=N–C) groups is 1. The van der Waals surface area contributed by atoms with Crippen LogP contribution in [0.25, 0.3) is 0 Å². The number of aliphatic carboxylic acids is 1. The molecule has 1 unspecified atom stereocenters. The van der Waals surface area contributed by atoms with Crippen molar-refractivity contribution < 1.29 is 87.6 Å². The number of phenolic OH excluding ortho intramolecular Hbond substituents is 1. The molecule has 91 heavy (non-hydrogen) atoms. The van der Waals surface area contributed by atoms with Crippen molar-refractivity contribution in [2.45, 2.75) is 187 Å². The lowest BCUT2D eigenvalue weighted by atomic mass is 9.77. The normalized spacial score (nSPS) is 13.4. The molecule has 0 aliphatic heterocycles. The van der Waals surface area contributed by atoms with Gasteiger partial charge in [-0.15, -0.1) is 0 Å². The van der Waals surface area contributed by atoms with Crippen LogP contribution < -0.4 is 49.5 Å². The number of ether oxygens (including phenoxy) is 4. The number of nitrogens with zero attached hydrogens (tertiary/aromatic N) is 1. The predicted molar refractivity (Wildman–Crippen MR) is 357 cm³/mol. The van der Waals surface area contributed by atoms with E-state index in [1.165, 1.54) is 37.8 Å². The number of hydrogen-bond acceptors (Lipinski definition) is 18. The number of carbonyl (C=O) groups is 8. The molecule has 1 aromatic carbocycles. The van der Waals surface area contributed by atoms with Crippen molar-refractivity contribution in [3.8, 4) is 5.75 Å². The Morgan fingerprint density at radius 2 is 1.13 bits per heavy atom. The minimum absolute atomic E-state index is 0. The second-order valence-electron chi connectivity index (χ2n) is 23.4. The molecule has 0 aliphatic rings. The molecule has 0 bridgehead atoms. The van der Waals surface area contributed by atoms with E-state index in [1.807, 2.05) is 0 Å². The van der Waals surface area contributed by atoms with Crippen LogP contribution in [0, 0.1) is 23.7 Å². The molecule has 0 aliphatic carbocycles. The standard InChI is InChI=1S/C63H110N10O17S.5H2/c1-45(2)58(64)54(75)42-49(59(79)47(4)51(23-20-31-71-63(66)67)61(81)73-53(60(65)80)41-48-24-26-50(74)27-25-48)22-17-18-30-68-56(77)43-89-38-37-88-35-33-70-57(78)44-90-39-36-87-34-32-69-55(76)29-28-52(62(82)83)72-46(3)21-16-14-12-10-8-6-5-7-9-11-13-15-19-40-91(84,85)86;;;;;/h24-27,45,47,49,51-53,58,72,74H,3,5-23,28-44,64H2,1-2,4H3,(H2,65,80)(H,68,77)(H,69,76)(H,70,78)(H,73,81)(H,82,83)(H4,66,67,71)(H,84,85,86);5*1H/t47?,49-,51-,52+,53+,58+;;;;;/m1...../s1. The second kappa shape index (κ2) is 50.3. The fourth-order valence-electron chi connectivity index (χ4n) is 9.81. The predicted octanol–water partition coefficient (Wildman–Crippen LogP) is 4.84. The molecule has 1 aromatic rings. The Hall–Kier alpha value is -6.30. The highest BCUT2D eigenvalue weighted by atomic mass is 32.2. The topological polar surface area (TPSA) is 445 Å². The zero-order valence-electron chi connectivity index (χ0n) is 54.2. The van der Waals surface area contributed by atoms with Crippen molar-refractivity contribution in [1.82, 2.24) is 26.6 Å². The zero-order chi connectivity index (χ0) is 67.8. The Morgan fingerprint density at radius 3 is 1.65 bits per heavy atom. The van der Waals surface area contributed by atoms with E-state index in [4.69, 9.17) is 46.4 Å². The third-order valence-corrected chi connectivity index (χ3v) is 16.0. The quantitative estimate of drug-likeness (QED) is 0.0180. The number of phenols is 1. The molecule has 530 valence electrons. The van der Waals surface area contributed by atoms with Gasteiger partial charge in [0.2, 0.25) is 29.5 Å². The summed E-state index contributed by atoms with van der Waals surface area (Å²) in [6.07, 6.45) is 15.7. The number of carboxylic acids is 1. The van der Waals surface area contributed by atoms with Crippen LogP contribution in [-0.4, -0.2) is 179 Å². The molecule has 0 aromatic heterocycles. The fourth-order valence-corrected chi connectivity index (χ4v) is 10.4. The molecule has 28 heteroatoms. The number of Topliss-reactive ketones (excluding diaryl/α,β-unsaturated/α-hetero) is 2. The molecule has 0 saturated carbocycles. The third-order valence-electron chi connectivity index (χ3n) is 15.2. The molecule has 1 rings (SSSR count). The first kappa shape index (κ1) is 82.7. The summed E-state index contributed by atoms with van der Waals surface area (Å²) in [6, 6.07) is 3.21. The van der Waals surface area contributed by atoms with Crippen molar-refractivity contribution in [3.05, 3.63) is 42.1 Å². The summed E-state index contributed by atoms with van der Waals surface area (Å²) >= 11 is 0. The first-order chi connectivity index (χ1) is 43.3. The zero-order valence-corrected chi connectivity index (χ0v) is 55.1. The van der Waals surface area contributed by atoms with Gasteiger partial charge in [0.25, 0.3) is 10.1 Å². The van der Waals surface area contributed by atoms with Gasteiger partial charge in [-0.3, -0.25) is 43.1 Å². The Labute approximate surface area is 546 Å². The molecule has 0 saturated heterocycles. The Balaban J connectivity index is -0.00000552. The van der Waals surface area contributed by atoms with Crippen molar-refractivity contribution >= 4 is 63.1 Å². The number of amides is 5. The SMILES string of the molecule is C=C(CCCCCCCCCCCCCCCS(=O)(=O)O)N[C@@H](CCC(=O)NCCOCCOCC(=O)NCCOCCOCC(=O)NCCCC[C@H](CC(=O)[C@@H](N)C(C)C)C(=O)C(C)[C@@H](CCCN=C(N)N)C(=O)N[C@@H](Cc1ccc(O)cc1)C(N)=O)C(=O)O.[HH].[HH].[HH].[HH].[HH]. The Morgan fingerprint density at radius 1 is 0.615 bits per heavy atom. The first-order valence-corrected chi connectivity index (χ1v) is 33.9. The molecular formula is C63H120N10O17S. The number of unbranched alkanes of at least 4 members (excludes halogenated alkanes) is 13. The number of carbonyl (C=O) groups excluding carboxylic acids is 7. The smallest absolute Gasteiger partial charge is 0.326 e. The van der Waals surface area contributed by atoms with E-state index in [9.17, 15) is 57.0 Å². The number of guanidine groups is 1. The van der Waals surface area contributed by atoms with E-state index in [0.717, 1.165) is 51.4 Å². The third kappa shape index (κ3) is 44.0.